The lowest BCUT2D eigenvalue weighted by Crippen LogP contribution is -2.34. The smallest absolute Gasteiger partial charge is 0.223 e. The second kappa shape index (κ2) is 5.53. The van der Waals surface area contributed by atoms with E-state index < -0.39 is 5.41 Å². The summed E-state index contributed by atoms with van der Waals surface area (Å²) in [5.74, 6) is 0.203. The van der Waals surface area contributed by atoms with Gasteiger partial charge in [0.25, 0.3) is 0 Å². The number of benzene rings is 1. The highest BCUT2D eigenvalue weighted by Gasteiger charge is 2.28. The first-order valence-electron chi connectivity index (χ1n) is 6.39. The molecule has 100 valence electrons. The Hall–Kier alpha value is -1.35. The van der Waals surface area contributed by atoms with E-state index in [1.165, 1.54) is 5.56 Å². The summed E-state index contributed by atoms with van der Waals surface area (Å²) < 4.78 is 0. The van der Waals surface area contributed by atoms with Crippen molar-refractivity contribution in [2.45, 2.75) is 46.1 Å². The van der Waals surface area contributed by atoms with Gasteiger partial charge in [-0.1, -0.05) is 52.0 Å². The van der Waals surface area contributed by atoms with Crippen LogP contribution in [0.1, 0.15) is 57.2 Å². The Bertz CT molecular complexity index is 407. The number of carbonyl (C=O) groups excluding carboxylic acids is 1. The van der Waals surface area contributed by atoms with Crippen molar-refractivity contribution in [1.82, 2.24) is 0 Å². The molecule has 1 aromatic rings. The normalized spacial score (nSPS) is 13.7. The van der Waals surface area contributed by atoms with Crippen molar-refractivity contribution in [2.24, 2.45) is 16.9 Å². The highest BCUT2D eigenvalue weighted by molar-refractivity contribution is 5.79. The van der Waals surface area contributed by atoms with Gasteiger partial charge >= 0.3 is 0 Å². The third kappa shape index (κ3) is 3.57. The molecule has 18 heavy (non-hydrogen) atoms. The molecule has 0 saturated carbocycles. The van der Waals surface area contributed by atoms with Crippen molar-refractivity contribution in [1.29, 1.82) is 0 Å². The molecule has 1 amide bonds. The summed E-state index contributed by atoms with van der Waals surface area (Å²) in [6, 6.07) is 8.11. The molecular formula is C15H24N2O. The van der Waals surface area contributed by atoms with Crippen LogP contribution in [0.15, 0.2) is 24.3 Å². The SMILES string of the molecule is CC(C)c1ccc(C(N)CC(C)(C)C(N)=O)cc1. The van der Waals surface area contributed by atoms with E-state index in [1.54, 1.807) is 0 Å². The van der Waals surface area contributed by atoms with Gasteiger partial charge in [-0.3, -0.25) is 4.79 Å². The van der Waals surface area contributed by atoms with Crippen molar-refractivity contribution >= 4 is 5.91 Å². The number of carbonyl (C=O) groups is 1. The maximum absolute atomic E-state index is 11.3. The molecule has 0 aliphatic heterocycles. The van der Waals surface area contributed by atoms with Gasteiger partial charge in [-0.25, -0.2) is 0 Å². The Kier molecular flexibility index (Phi) is 4.52. The Morgan fingerprint density at radius 3 is 2.00 bits per heavy atom. The minimum Gasteiger partial charge on any atom is -0.369 e. The fourth-order valence-corrected chi connectivity index (χ4v) is 1.90. The van der Waals surface area contributed by atoms with Gasteiger partial charge < -0.3 is 11.5 Å². The van der Waals surface area contributed by atoms with Crippen LogP contribution in [0.5, 0.6) is 0 Å². The molecule has 0 fully saturated rings. The molecule has 0 aliphatic rings. The van der Waals surface area contributed by atoms with Crippen LogP contribution in [0, 0.1) is 5.41 Å². The standard InChI is InChI=1S/C15H24N2O/c1-10(2)11-5-7-12(8-6-11)13(16)9-15(3,4)14(17)18/h5-8,10,13H,9,16H2,1-4H3,(H2,17,18). The highest BCUT2D eigenvalue weighted by atomic mass is 16.1. The molecule has 1 unspecified atom stereocenters. The van der Waals surface area contributed by atoms with E-state index >= 15 is 0 Å². The molecule has 1 rings (SSSR count). The van der Waals surface area contributed by atoms with Crippen LogP contribution in [-0.4, -0.2) is 5.91 Å². The highest BCUT2D eigenvalue weighted by Crippen LogP contribution is 2.28. The van der Waals surface area contributed by atoms with Crippen molar-refractivity contribution in [3.63, 3.8) is 0 Å². The van der Waals surface area contributed by atoms with Crippen molar-refractivity contribution in [2.75, 3.05) is 0 Å². The lowest BCUT2D eigenvalue weighted by molar-refractivity contribution is -0.126. The first-order valence-corrected chi connectivity index (χ1v) is 6.39. The maximum atomic E-state index is 11.3. The average Bonchev–Trinajstić information content (AvgIpc) is 2.28. The van der Waals surface area contributed by atoms with Gasteiger partial charge in [-0.15, -0.1) is 0 Å². The Morgan fingerprint density at radius 2 is 1.61 bits per heavy atom. The second-order valence-electron chi connectivity index (χ2n) is 5.88. The summed E-state index contributed by atoms with van der Waals surface area (Å²) in [5, 5.41) is 0. The summed E-state index contributed by atoms with van der Waals surface area (Å²) in [4.78, 5) is 11.3. The van der Waals surface area contributed by atoms with Crippen LogP contribution in [0.25, 0.3) is 0 Å². The molecule has 0 radical (unpaired) electrons. The molecule has 1 aromatic carbocycles. The molecule has 3 nitrogen and oxygen atoms in total. The minimum atomic E-state index is -0.573. The molecular weight excluding hydrogens is 224 g/mol. The Labute approximate surface area is 110 Å². The largest absolute Gasteiger partial charge is 0.369 e. The summed E-state index contributed by atoms with van der Waals surface area (Å²) in [7, 11) is 0. The van der Waals surface area contributed by atoms with E-state index in [0.717, 1.165) is 5.56 Å². The molecule has 0 spiro atoms. The fourth-order valence-electron chi connectivity index (χ4n) is 1.90. The third-order valence-corrected chi connectivity index (χ3v) is 3.43. The average molecular weight is 248 g/mol. The molecule has 0 saturated heterocycles. The monoisotopic (exact) mass is 248 g/mol. The lowest BCUT2D eigenvalue weighted by Gasteiger charge is -2.24. The number of hydrogen-bond acceptors (Lipinski definition) is 2. The van der Waals surface area contributed by atoms with Crippen LogP contribution in [0.3, 0.4) is 0 Å². The van der Waals surface area contributed by atoms with Crippen molar-refractivity contribution in [3.05, 3.63) is 35.4 Å². The zero-order chi connectivity index (χ0) is 13.9. The summed E-state index contributed by atoms with van der Waals surface area (Å²) in [5.41, 5.74) is 13.3. The van der Waals surface area contributed by atoms with E-state index in [2.05, 4.69) is 26.0 Å². The number of nitrogens with two attached hydrogens (primary N) is 2. The molecule has 0 bridgehead atoms. The van der Waals surface area contributed by atoms with E-state index in [0.29, 0.717) is 12.3 Å². The summed E-state index contributed by atoms with van der Waals surface area (Å²) in [6.45, 7) is 7.98. The fraction of sp³-hybridized carbons (Fsp3) is 0.533. The number of hydrogen-bond donors (Lipinski definition) is 2. The quantitative estimate of drug-likeness (QED) is 0.841. The van der Waals surface area contributed by atoms with E-state index in [1.807, 2.05) is 26.0 Å². The van der Waals surface area contributed by atoms with Crippen LogP contribution in [0.4, 0.5) is 0 Å². The van der Waals surface area contributed by atoms with Gasteiger partial charge in [0, 0.05) is 11.5 Å². The third-order valence-electron chi connectivity index (χ3n) is 3.43. The van der Waals surface area contributed by atoms with Crippen molar-refractivity contribution < 1.29 is 4.79 Å². The van der Waals surface area contributed by atoms with E-state index in [-0.39, 0.29) is 11.9 Å². The van der Waals surface area contributed by atoms with E-state index in [4.69, 9.17) is 11.5 Å². The predicted octanol–water partition coefficient (Wildman–Crippen LogP) is 2.71. The molecule has 1 atom stereocenters. The summed E-state index contributed by atoms with van der Waals surface area (Å²) in [6.07, 6.45) is 0.559. The van der Waals surface area contributed by atoms with Crippen LogP contribution >= 0.6 is 0 Å². The van der Waals surface area contributed by atoms with Gasteiger partial charge in [-0.05, 0) is 23.5 Å². The predicted molar refractivity (Wildman–Crippen MR) is 75.1 cm³/mol. The van der Waals surface area contributed by atoms with Crippen LogP contribution < -0.4 is 11.5 Å². The maximum Gasteiger partial charge on any atom is 0.223 e. The topological polar surface area (TPSA) is 69.1 Å². The Balaban J connectivity index is 2.79. The molecule has 4 N–H and O–H groups in total. The van der Waals surface area contributed by atoms with Gasteiger partial charge in [0.1, 0.15) is 0 Å². The first kappa shape index (κ1) is 14.7. The van der Waals surface area contributed by atoms with Crippen molar-refractivity contribution in [3.8, 4) is 0 Å². The number of rotatable bonds is 5. The molecule has 0 heterocycles. The second-order valence-corrected chi connectivity index (χ2v) is 5.88. The van der Waals surface area contributed by atoms with Gasteiger partial charge in [-0.2, -0.15) is 0 Å². The lowest BCUT2D eigenvalue weighted by atomic mass is 9.83. The van der Waals surface area contributed by atoms with Gasteiger partial charge in [0.15, 0.2) is 0 Å². The molecule has 0 aromatic heterocycles. The Morgan fingerprint density at radius 1 is 1.17 bits per heavy atom. The zero-order valence-electron chi connectivity index (χ0n) is 11.7. The van der Waals surface area contributed by atoms with Gasteiger partial charge in [0.2, 0.25) is 5.91 Å². The van der Waals surface area contributed by atoms with Crippen LogP contribution in [-0.2, 0) is 4.79 Å². The number of primary amides is 1. The first-order chi connectivity index (χ1) is 8.24. The van der Waals surface area contributed by atoms with Gasteiger partial charge in [0.05, 0.1) is 0 Å². The van der Waals surface area contributed by atoms with E-state index in [9.17, 15) is 4.79 Å². The number of amides is 1. The minimum absolute atomic E-state index is 0.159. The van der Waals surface area contributed by atoms with Crippen LogP contribution in [0.2, 0.25) is 0 Å². The molecule has 3 heteroatoms. The zero-order valence-corrected chi connectivity index (χ0v) is 11.7. The molecule has 0 aliphatic carbocycles. The summed E-state index contributed by atoms with van der Waals surface area (Å²) >= 11 is 0.